The highest BCUT2D eigenvalue weighted by molar-refractivity contribution is 7.15. The fourth-order valence-corrected chi connectivity index (χ4v) is 3.25. The zero-order chi connectivity index (χ0) is 14.7. The molecule has 20 heavy (non-hydrogen) atoms. The van der Waals surface area contributed by atoms with E-state index in [0.717, 1.165) is 29.2 Å². The maximum Gasteiger partial charge on any atom is 0.126 e. The van der Waals surface area contributed by atoms with Gasteiger partial charge in [0.15, 0.2) is 0 Å². The maximum absolute atomic E-state index is 13.3. The summed E-state index contributed by atoms with van der Waals surface area (Å²) in [5.74, 6) is -0.166. The van der Waals surface area contributed by atoms with Crippen LogP contribution in [0, 0.1) is 19.7 Å². The number of benzene rings is 1. The van der Waals surface area contributed by atoms with Crippen molar-refractivity contribution in [3.63, 3.8) is 0 Å². The molecular formula is C16H21FN2S. The average Bonchev–Trinajstić information content (AvgIpc) is 2.81. The molecule has 4 heteroatoms. The molecule has 0 aliphatic rings. The van der Waals surface area contributed by atoms with Gasteiger partial charge in [0.1, 0.15) is 10.8 Å². The van der Waals surface area contributed by atoms with E-state index in [9.17, 15) is 4.39 Å². The van der Waals surface area contributed by atoms with Crippen molar-refractivity contribution in [2.45, 2.75) is 40.2 Å². The highest BCUT2D eigenvalue weighted by Gasteiger charge is 2.15. The lowest BCUT2D eigenvalue weighted by Gasteiger charge is -2.11. The van der Waals surface area contributed by atoms with Crippen LogP contribution in [0.1, 0.15) is 42.4 Å². The van der Waals surface area contributed by atoms with Crippen molar-refractivity contribution < 1.29 is 4.39 Å². The van der Waals surface area contributed by atoms with Crippen molar-refractivity contribution in [2.24, 2.45) is 0 Å². The summed E-state index contributed by atoms with van der Waals surface area (Å²) in [5.41, 5.74) is 2.71. The molecule has 0 saturated carbocycles. The van der Waals surface area contributed by atoms with Gasteiger partial charge in [0, 0.05) is 16.5 Å². The van der Waals surface area contributed by atoms with Gasteiger partial charge in [0.2, 0.25) is 0 Å². The highest BCUT2D eigenvalue weighted by atomic mass is 32.1. The fraction of sp³-hybridized carbons (Fsp3) is 0.438. The molecule has 2 aromatic rings. The molecule has 1 atom stereocenters. The van der Waals surface area contributed by atoms with E-state index in [0.29, 0.717) is 11.6 Å². The Morgan fingerprint density at radius 1 is 1.35 bits per heavy atom. The number of nitrogens with one attached hydrogen (secondary N) is 1. The van der Waals surface area contributed by atoms with Crippen LogP contribution < -0.4 is 5.32 Å². The Hall–Kier alpha value is -1.26. The van der Waals surface area contributed by atoms with Gasteiger partial charge in [-0.1, -0.05) is 6.92 Å². The summed E-state index contributed by atoms with van der Waals surface area (Å²) < 4.78 is 13.3. The molecule has 0 bridgehead atoms. The van der Waals surface area contributed by atoms with Crippen molar-refractivity contribution in [1.82, 2.24) is 10.3 Å². The Kier molecular flexibility index (Phi) is 4.89. The Morgan fingerprint density at radius 2 is 2.10 bits per heavy atom. The zero-order valence-corrected chi connectivity index (χ0v) is 13.3. The first-order chi connectivity index (χ1) is 9.52. The van der Waals surface area contributed by atoms with Crippen molar-refractivity contribution in [3.8, 4) is 10.6 Å². The van der Waals surface area contributed by atoms with Crippen LogP contribution in [0.4, 0.5) is 4.39 Å². The Morgan fingerprint density at radius 3 is 2.75 bits per heavy atom. The maximum atomic E-state index is 13.3. The normalized spacial score (nSPS) is 12.7. The van der Waals surface area contributed by atoms with Crippen LogP contribution in [0.5, 0.6) is 0 Å². The molecule has 2 rings (SSSR count). The minimum atomic E-state index is -0.166. The van der Waals surface area contributed by atoms with E-state index in [4.69, 9.17) is 0 Å². The highest BCUT2D eigenvalue weighted by Crippen LogP contribution is 2.32. The molecule has 0 spiro atoms. The number of rotatable bonds is 5. The summed E-state index contributed by atoms with van der Waals surface area (Å²) >= 11 is 1.69. The van der Waals surface area contributed by atoms with E-state index >= 15 is 0 Å². The molecule has 0 saturated heterocycles. The number of aromatic nitrogens is 1. The predicted octanol–water partition coefficient (Wildman–Crippen LogP) is 4.63. The van der Waals surface area contributed by atoms with Gasteiger partial charge in [-0.15, -0.1) is 11.3 Å². The molecule has 0 radical (unpaired) electrons. The summed E-state index contributed by atoms with van der Waals surface area (Å²) in [4.78, 5) is 5.90. The predicted molar refractivity (Wildman–Crippen MR) is 83.7 cm³/mol. The standard InChI is InChI=1S/C16H21FN2S/c1-5-8-18-11(3)15-12(4)19-16(20-15)13-6-7-14(17)10(2)9-13/h6-7,9,11,18H,5,8H2,1-4H3. The third-order valence-electron chi connectivity index (χ3n) is 3.33. The topological polar surface area (TPSA) is 24.9 Å². The number of hydrogen-bond acceptors (Lipinski definition) is 3. The lowest BCUT2D eigenvalue weighted by molar-refractivity contribution is 0.575. The van der Waals surface area contributed by atoms with E-state index in [-0.39, 0.29) is 5.82 Å². The van der Waals surface area contributed by atoms with Gasteiger partial charge in [0.05, 0.1) is 5.69 Å². The summed E-state index contributed by atoms with van der Waals surface area (Å²) in [6.45, 7) is 9.15. The van der Waals surface area contributed by atoms with Gasteiger partial charge >= 0.3 is 0 Å². The number of halogens is 1. The van der Waals surface area contributed by atoms with Crippen LogP contribution >= 0.6 is 11.3 Å². The van der Waals surface area contributed by atoms with Gasteiger partial charge in [-0.25, -0.2) is 9.37 Å². The number of thiazole rings is 1. The van der Waals surface area contributed by atoms with Crippen molar-refractivity contribution in [3.05, 3.63) is 40.2 Å². The molecule has 1 unspecified atom stereocenters. The minimum Gasteiger partial charge on any atom is -0.309 e. The molecule has 1 aromatic heterocycles. The summed E-state index contributed by atoms with van der Waals surface area (Å²) in [6.07, 6.45) is 1.12. The van der Waals surface area contributed by atoms with Crippen LogP contribution in [0.2, 0.25) is 0 Å². The smallest absolute Gasteiger partial charge is 0.126 e. The Bertz CT molecular complexity index is 592. The molecule has 0 fully saturated rings. The second kappa shape index (κ2) is 6.46. The number of aryl methyl sites for hydroxylation is 2. The van der Waals surface area contributed by atoms with Crippen LogP contribution in [0.25, 0.3) is 10.6 Å². The Labute approximate surface area is 124 Å². The monoisotopic (exact) mass is 292 g/mol. The molecule has 0 aliphatic heterocycles. The molecule has 0 amide bonds. The SMILES string of the molecule is CCCNC(C)c1sc(-c2ccc(F)c(C)c2)nc1C. The van der Waals surface area contributed by atoms with Crippen LogP contribution in [-0.2, 0) is 0 Å². The molecule has 0 aliphatic carbocycles. The first-order valence-corrected chi connectivity index (χ1v) is 7.81. The van der Waals surface area contributed by atoms with E-state index in [2.05, 4.69) is 24.1 Å². The molecule has 2 nitrogen and oxygen atoms in total. The first-order valence-electron chi connectivity index (χ1n) is 7.00. The van der Waals surface area contributed by atoms with Crippen molar-refractivity contribution in [2.75, 3.05) is 6.54 Å². The van der Waals surface area contributed by atoms with E-state index in [1.54, 1.807) is 24.3 Å². The van der Waals surface area contributed by atoms with Crippen LogP contribution in [0.15, 0.2) is 18.2 Å². The molecule has 1 N–H and O–H groups in total. The van der Waals surface area contributed by atoms with Gasteiger partial charge in [-0.05, 0) is 57.5 Å². The van der Waals surface area contributed by atoms with E-state index in [1.165, 1.54) is 10.9 Å². The fourth-order valence-electron chi connectivity index (χ4n) is 2.16. The van der Waals surface area contributed by atoms with Crippen LogP contribution in [-0.4, -0.2) is 11.5 Å². The lowest BCUT2D eigenvalue weighted by atomic mass is 10.1. The average molecular weight is 292 g/mol. The molecule has 108 valence electrons. The van der Waals surface area contributed by atoms with E-state index in [1.807, 2.05) is 13.0 Å². The Balaban J connectivity index is 2.28. The summed E-state index contributed by atoms with van der Waals surface area (Å²) in [6, 6.07) is 5.48. The largest absolute Gasteiger partial charge is 0.309 e. The van der Waals surface area contributed by atoms with Gasteiger partial charge in [-0.3, -0.25) is 0 Å². The lowest BCUT2D eigenvalue weighted by Crippen LogP contribution is -2.18. The van der Waals surface area contributed by atoms with Crippen LogP contribution in [0.3, 0.4) is 0 Å². The second-order valence-corrected chi connectivity index (χ2v) is 6.14. The summed E-state index contributed by atoms with van der Waals surface area (Å²) in [7, 11) is 0. The van der Waals surface area contributed by atoms with Crippen molar-refractivity contribution >= 4 is 11.3 Å². The number of nitrogens with zero attached hydrogens (tertiary/aromatic N) is 1. The summed E-state index contributed by atoms with van der Waals surface area (Å²) in [5, 5.41) is 4.45. The zero-order valence-electron chi connectivity index (χ0n) is 12.5. The first kappa shape index (κ1) is 15.1. The second-order valence-electron chi connectivity index (χ2n) is 5.11. The minimum absolute atomic E-state index is 0.166. The third-order valence-corrected chi connectivity index (χ3v) is 4.72. The van der Waals surface area contributed by atoms with Gasteiger partial charge in [0.25, 0.3) is 0 Å². The van der Waals surface area contributed by atoms with E-state index < -0.39 is 0 Å². The quantitative estimate of drug-likeness (QED) is 0.869. The molecule has 1 aromatic carbocycles. The molecule has 1 heterocycles. The van der Waals surface area contributed by atoms with Gasteiger partial charge in [-0.2, -0.15) is 0 Å². The van der Waals surface area contributed by atoms with Crippen molar-refractivity contribution in [1.29, 1.82) is 0 Å². The molecular weight excluding hydrogens is 271 g/mol. The van der Waals surface area contributed by atoms with Gasteiger partial charge < -0.3 is 5.32 Å². The third kappa shape index (κ3) is 3.25. The number of hydrogen-bond donors (Lipinski definition) is 1.